The van der Waals surface area contributed by atoms with Crippen LogP contribution in [0.5, 0.6) is 11.5 Å². The van der Waals surface area contributed by atoms with Gasteiger partial charge in [0.05, 0.1) is 17.6 Å². The Hall–Kier alpha value is -2.74. The molecular weight excluding hydrogens is 358 g/mol. The molecule has 4 rings (SSSR count). The number of rotatable bonds is 5. The summed E-state index contributed by atoms with van der Waals surface area (Å²) in [5.41, 5.74) is 2.90. The number of aromatic amines is 1. The summed E-state index contributed by atoms with van der Waals surface area (Å²) in [5, 5.41) is 12.9. The van der Waals surface area contributed by atoms with Gasteiger partial charge in [0, 0.05) is 31.1 Å². The molecule has 2 aliphatic rings. The average molecular weight is 385 g/mol. The maximum atomic E-state index is 11.9. The number of fused-ring (bicyclic) bond motifs is 1. The molecule has 2 aliphatic heterocycles. The summed E-state index contributed by atoms with van der Waals surface area (Å²) in [6, 6.07) is 5.88. The number of ether oxygens (including phenoxy) is 2. The van der Waals surface area contributed by atoms with E-state index in [9.17, 15) is 4.79 Å². The molecule has 0 bridgehead atoms. The number of benzene rings is 1. The van der Waals surface area contributed by atoms with E-state index in [-0.39, 0.29) is 6.03 Å². The number of hydrogen-bond acceptors (Lipinski definition) is 5. The number of aromatic nitrogens is 2. The lowest BCUT2D eigenvalue weighted by Crippen LogP contribution is -2.35. The predicted octanol–water partition coefficient (Wildman–Crippen LogP) is 2.70. The van der Waals surface area contributed by atoms with Gasteiger partial charge in [0.2, 0.25) is 0 Å². The largest absolute Gasteiger partial charge is 0.486 e. The van der Waals surface area contributed by atoms with E-state index >= 15 is 0 Å². The van der Waals surface area contributed by atoms with E-state index in [0.29, 0.717) is 25.7 Å². The first kappa shape index (κ1) is 18.6. The molecule has 0 aliphatic carbocycles. The first-order chi connectivity index (χ1) is 13.7. The summed E-state index contributed by atoms with van der Waals surface area (Å²) >= 11 is 0. The Kier molecular flexibility index (Phi) is 5.66. The van der Waals surface area contributed by atoms with Gasteiger partial charge >= 0.3 is 6.03 Å². The van der Waals surface area contributed by atoms with Crippen LogP contribution >= 0.6 is 0 Å². The van der Waals surface area contributed by atoms with Crippen LogP contribution in [0.4, 0.5) is 10.5 Å². The summed E-state index contributed by atoms with van der Waals surface area (Å²) in [6.07, 6.45) is 3.84. The summed E-state index contributed by atoms with van der Waals surface area (Å²) < 4.78 is 11.6. The predicted molar refractivity (Wildman–Crippen MR) is 106 cm³/mol. The molecule has 2 aromatic rings. The van der Waals surface area contributed by atoms with Crippen LogP contribution in [0.2, 0.25) is 0 Å². The van der Waals surface area contributed by atoms with Crippen molar-refractivity contribution in [2.45, 2.75) is 32.2 Å². The third-order valence-electron chi connectivity index (χ3n) is 5.21. The second-order valence-corrected chi connectivity index (χ2v) is 7.20. The lowest BCUT2D eigenvalue weighted by Gasteiger charge is -2.33. The van der Waals surface area contributed by atoms with Crippen LogP contribution < -0.4 is 20.1 Å². The van der Waals surface area contributed by atoms with E-state index in [2.05, 4.69) is 31.8 Å². The number of H-pyrrole nitrogens is 1. The highest BCUT2D eigenvalue weighted by molar-refractivity contribution is 5.89. The SMILES string of the molecule is CCNC(=O)Nc1cn[nH]c1[C@@H]1CCCN(Cc2cccc3c2OCCO3)C1. The first-order valence-corrected chi connectivity index (χ1v) is 9.92. The van der Waals surface area contributed by atoms with Crippen molar-refractivity contribution < 1.29 is 14.3 Å². The summed E-state index contributed by atoms with van der Waals surface area (Å²) in [6.45, 7) is 6.43. The first-order valence-electron chi connectivity index (χ1n) is 9.92. The van der Waals surface area contributed by atoms with Crippen LogP contribution in [-0.2, 0) is 6.54 Å². The molecule has 1 saturated heterocycles. The molecule has 1 aromatic carbocycles. The van der Waals surface area contributed by atoms with Crippen molar-refractivity contribution in [3.8, 4) is 11.5 Å². The van der Waals surface area contributed by atoms with Gasteiger partial charge in [-0.05, 0) is 32.4 Å². The Balaban J connectivity index is 1.45. The number of hydrogen-bond donors (Lipinski definition) is 3. The molecule has 3 heterocycles. The van der Waals surface area contributed by atoms with Gasteiger partial charge in [-0.2, -0.15) is 5.10 Å². The minimum Gasteiger partial charge on any atom is -0.486 e. The molecule has 3 N–H and O–H groups in total. The van der Waals surface area contributed by atoms with E-state index in [4.69, 9.17) is 9.47 Å². The molecule has 8 heteroatoms. The van der Waals surface area contributed by atoms with Crippen molar-refractivity contribution in [1.29, 1.82) is 0 Å². The molecule has 28 heavy (non-hydrogen) atoms. The highest BCUT2D eigenvalue weighted by Gasteiger charge is 2.26. The van der Waals surface area contributed by atoms with Gasteiger partial charge in [0.15, 0.2) is 11.5 Å². The molecule has 1 aromatic heterocycles. The second-order valence-electron chi connectivity index (χ2n) is 7.20. The van der Waals surface area contributed by atoms with Gasteiger partial charge in [-0.25, -0.2) is 4.79 Å². The molecule has 8 nitrogen and oxygen atoms in total. The van der Waals surface area contributed by atoms with Crippen LogP contribution in [0, 0.1) is 0 Å². The number of para-hydroxylation sites is 1. The Labute approximate surface area is 164 Å². The number of nitrogens with one attached hydrogen (secondary N) is 3. The molecule has 0 spiro atoms. The van der Waals surface area contributed by atoms with Gasteiger partial charge in [0.1, 0.15) is 13.2 Å². The van der Waals surface area contributed by atoms with E-state index in [1.807, 2.05) is 19.1 Å². The number of piperidine rings is 1. The zero-order valence-electron chi connectivity index (χ0n) is 16.2. The van der Waals surface area contributed by atoms with Crippen molar-refractivity contribution in [2.75, 3.05) is 38.2 Å². The maximum Gasteiger partial charge on any atom is 0.319 e. The fourth-order valence-corrected chi connectivity index (χ4v) is 3.97. The smallest absolute Gasteiger partial charge is 0.319 e. The van der Waals surface area contributed by atoms with Crippen molar-refractivity contribution >= 4 is 11.7 Å². The van der Waals surface area contributed by atoms with Crippen LogP contribution in [-0.4, -0.2) is 54.0 Å². The van der Waals surface area contributed by atoms with Crippen molar-refractivity contribution in [3.05, 3.63) is 35.7 Å². The lowest BCUT2D eigenvalue weighted by molar-refractivity contribution is 0.161. The number of nitrogens with zero attached hydrogens (tertiary/aromatic N) is 2. The molecule has 1 atom stereocenters. The quantitative estimate of drug-likeness (QED) is 0.736. The fourth-order valence-electron chi connectivity index (χ4n) is 3.97. The molecular formula is C20H27N5O3. The molecule has 0 radical (unpaired) electrons. The van der Waals surface area contributed by atoms with E-state index < -0.39 is 0 Å². The van der Waals surface area contributed by atoms with E-state index in [1.165, 1.54) is 0 Å². The third kappa shape index (κ3) is 4.06. The van der Waals surface area contributed by atoms with Gasteiger partial charge in [-0.3, -0.25) is 10.00 Å². The number of carbonyl (C=O) groups excluding carboxylic acids is 1. The molecule has 0 unspecified atom stereocenters. The summed E-state index contributed by atoms with van der Waals surface area (Å²) in [5.74, 6) is 2.00. The van der Waals surface area contributed by atoms with E-state index in [1.54, 1.807) is 6.20 Å². The second kappa shape index (κ2) is 8.52. The Bertz CT molecular complexity index is 822. The molecule has 150 valence electrons. The Morgan fingerprint density at radius 3 is 3.14 bits per heavy atom. The number of carbonyl (C=O) groups is 1. The van der Waals surface area contributed by atoms with Gasteiger partial charge in [0.25, 0.3) is 0 Å². The van der Waals surface area contributed by atoms with E-state index in [0.717, 1.165) is 60.9 Å². The van der Waals surface area contributed by atoms with Gasteiger partial charge < -0.3 is 20.1 Å². The minimum absolute atomic E-state index is 0.203. The maximum absolute atomic E-state index is 11.9. The molecule has 1 fully saturated rings. The zero-order chi connectivity index (χ0) is 19.3. The standard InChI is InChI=1S/C20H27N5O3/c1-2-21-20(26)23-16-11-22-24-18(16)14-6-4-8-25(12-14)13-15-5-3-7-17-19(15)28-10-9-27-17/h3,5,7,11,14H,2,4,6,8-10,12-13H2,1H3,(H,22,24)(H2,21,23,26)/t14-/m1/s1. The monoisotopic (exact) mass is 385 g/mol. The number of anilines is 1. The number of urea groups is 1. The van der Waals surface area contributed by atoms with Crippen LogP contribution in [0.15, 0.2) is 24.4 Å². The highest BCUT2D eigenvalue weighted by Crippen LogP contribution is 2.36. The van der Waals surface area contributed by atoms with Crippen molar-refractivity contribution in [2.24, 2.45) is 0 Å². The number of amides is 2. The fraction of sp³-hybridized carbons (Fsp3) is 0.500. The van der Waals surface area contributed by atoms with Crippen LogP contribution in [0.3, 0.4) is 0 Å². The zero-order valence-corrected chi connectivity index (χ0v) is 16.2. The number of likely N-dealkylation sites (tertiary alicyclic amines) is 1. The summed E-state index contributed by atoms with van der Waals surface area (Å²) in [7, 11) is 0. The normalized spacial score (nSPS) is 19.2. The molecule has 2 amide bonds. The molecule has 0 saturated carbocycles. The van der Waals surface area contributed by atoms with Gasteiger partial charge in [-0.15, -0.1) is 0 Å². The Morgan fingerprint density at radius 1 is 1.36 bits per heavy atom. The van der Waals surface area contributed by atoms with Crippen LogP contribution in [0.1, 0.15) is 36.9 Å². The Morgan fingerprint density at radius 2 is 2.25 bits per heavy atom. The van der Waals surface area contributed by atoms with Crippen LogP contribution in [0.25, 0.3) is 0 Å². The minimum atomic E-state index is -0.203. The topological polar surface area (TPSA) is 91.5 Å². The average Bonchev–Trinajstić information content (AvgIpc) is 3.17. The lowest BCUT2D eigenvalue weighted by atomic mass is 9.93. The van der Waals surface area contributed by atoms with Crippen molar-refractivity contribution in [1.82, 2.24) is 20.4 Å². The highest BCUT2D eigenvalue weighted by atomic mass is 16.6. The van der Waals surface area contributed by atoms with Gasteiger partial charge in [-0.1, -0.05) is 12.1 Å². The summed E-state index contributed by atoms with van der Waals surface area (Å²) in [4.78, 5) is 14.3. The van der Waals surface area contributed by atoms with Crippen molar-refractivity contribution in [3.63, 3.8) is 0 Å². The third-order valence-corrected chi connectivity index (χ3v) is 5.21.